The summed E-state index contributed by atoms with van der Waals surface area (Å²) in [7, 11) is 3.54. The summed E-state index contributed by atoms with van der Waals surface area (Å²) in [6.45, 7) is 27.4. The number of aromatic nitrogens is 6. The molecule has 3 amide bonds. The van der Waals surface area contributed by atoms with E-state index < -0.39 is 11.6 Å². The molecule has 3 aromatic carbocycles. The third-order valence-electron chi connectivity index (χ3n) is 12.5. The zero-order valence-electron chi connectivity index (χ0n) is 51.6. The first kappa shape index (κ1) is 70.2. The van der Waals surface area contributed by atoms with Crippen molar-refractivity contribution < 1.29 is 47.7 Å². The second-order valence-corrected chi connectivity index (χ2v) is 21.1. The van der Waals surface area contributed by atoms with E-state index in [2.05, 4.69) is 57.5 Å². The molecule has 2 aliphatic rings. The molecule has 0 radical (unpaired) electrons. The average molecular weight is 1210 g/mol. The topological polar surface area (TPSA) is 259 Å². The van der Waals surface area contributed by atoms with E-state index in [9.17, 15) is 28.8 Å². The van der Waals surface area contributed by atoms with Crippen LogP contribution in [-0.4, -0.2) is 164 Å². The monoisotopic (exact) mass is 1210 g/mol. The smallest absolute Gasteiger partial charge is 0.439 e. The Morgan fingerprint density at radius 2 is 1.10 bits per heavy atom. The molecule has 5 heterocycles. The lowest BCUT2D eigenvalue weighted by atomic mass is 10.1. The van der Waals surface area contributed by atoms with Gasteiger partial charge >= 0.3 is 36.2 Å². The number of carbonyl (C=O) groups is 6. The second-order valence-electron chi connectivity index (χ2n) is 21.1. The largest absolute Gasteiger partial charge is 0.461 e. The van der Waals surface area contributed by atoms with Gasteiger partial charge in [0.25, 0.3) is 25.0 Å². The van der Waals surface area contributed by atoms with Crippen LogP contribution in [0.25, 0.3) is 9.69 Å². The zero-order valence-corrected chi connectivity index (χ0v) is 51.6. The van der Waals surface area contributed by atoms with Gasteiger partial charge in [-0.3, -0.25) is 9.59 Å². The van der Waals surface area contributed by atoms with Gasteiger partial charge < -0.3 is 58.0 Å². The molecule has 0 bridgehead atoms. The lowest BCUT2D eigenvalue weighted by Gasteiger charge is -2.24. The predicted octanol–water partition coefficient (Wildman–Crippen LogP) is 7.92. The molecule has 466 valence electrons. The highest BCUT2D eigenvalue weighted by Crippen LogP contribution is 2.20. The number of nitriles is 1. The molecule has 2 saturated heterocycles. The highest BCUT2D eigenvalue weighted by Gasteiger charge is 2.30. The summed E-state index contributed by atoms with van der Waals surface area (Å²) in [5.41, 5.74) is 4.28. The number of rotatable bonds is 19. The van der Waals surface area contributed by atoms with Gasteiger partial charge in [0.15, 0.2) is 11.9 Å². The molecule has 24 nitrogen and oxygen atoms in total. The standard InChI is InChI=1S/C21H28N4O3.C17H19N5O.C13H14N2O2.C8H13N2O2.C5H8NO2/c1-21(2,3)28-20(27)25-10-9-17(13-25)11-22-19(26)18-14-24(15-23-18)12-16-7-5-4-6-8-16;18-12-21-7-6-15(10-21)8-19-17(23)16-11-22(13-20-16)9-14-4-2-1-3-5-14;1-2-17-13(16)12-9-15(10-14-12)8-11-6-4-3-5-7-11;1-5-12-8(11)7(9-2)6-10(3)4;1-3-8-5(7)4-6-2/h4-8,14-15,17H,9-13H2,1-3H3,(H,22,26);1-5,11,13,15H,6-10H2,(H,19,23);3-7,9-10H,2,8H2,1H3;2,6H,5H2,1,3-4H3;2H,3-4H2,1H3/q;;;2*+1/b;;;7-6-;/t17-;15-;;;/m11.../s1. The summed E-state index contributed by atoms with van der Waals surface area (Å²) in [5, 5.41) is 14.7. The van der Waals surface area contributed by atoms with Crippen LogP contribution in [0.1, 0.15) is 103 Å². The normalized spacial score (nSPS) is 13.9. The average Bonchev–Trinajstić information content (AvgIpc) is 4.26. The van der Waals surface area contributed by atoms with Gasteiger partial charge in [0.05, 0.1) is 45.0 Å². The Hall–Kier alpha value is -10.3. The third-order valence-corrected chi connectivity index (χ3v) is 12.5. The molecule has 0 aliphatic carbocycles. The van der Waals surface area contributed by atoms with E-state index in [-0.39, 0.29) is 48.0 Å². The third kappa shape index (κ3) is 26.7. The number of hydrogen-bond donors (Lipinski definition) is 2. The van der Waals surface area contributed by atoms with Crippen LogP contribution in [0.2, 0.25) is 0 Å². The van der Waals surface area contributed by atoms with Crippen molar-refractivity contribution in [2.24, 2.45) is 11.8 Å². The molecule has 2 aliphatic heterocycles. The molecule has 2 N–H and O–H groups in total. The summed E-state index contributed by atoms with van der Waals surface area (Å²) < 4.78 is 25.1. The number of amides is 3. The molecule has 2 fully saturated rings. The molecule has 2 atom stereocenters. The number of carbonyl (C=O) groups excluding carboxylic acids is 6. The number of nitrogens with one attached hydrogen (secondary N) is 2. The molecule has 24 heteroatoms. The molecule has 0 saturated carbocycles. The van der Waals surface area contributed by atoms with E-state index >= 15 is 0 Å². The number of imidazole rings is 3. The van der Waals surface area contributed by atoms with E-state index in [1.54, 1.807) is 87.1 Å². The van der Waals surface area contributed by atoms with Crippen LogP contribution in [0.5, 0.6) is 0 Å². The van der Waals surface area contributed by atoms with Gasteiger partial charge in [-0.15, -0.1) is 0 Å². The van der Waals surface area contributed by atoms with Crippen molar-refractivity contribution in [3.05, 3.63) is 184 Å². The second kappa shape index (κ2) is 37.9. The first-order valence-corrected chi connectivity index (χ1v) is 28.8. The molecular formula is C64H82N14O10+2. The van der Waals surface area contributed by atoms with Gasteiger partial charge in [-0.2, -0.15) is 5.26 Å². The van der Waals surface area contributed by atoms with Crippen molar-refractivity contribution in [2.45, 2.75) is 79.6 Å². The molecule has 3 aromatic heterocycles. The number of nitrogens with zero attached hydrogens (tertiary/aromatic N) is 12. The highest BCUT2D eigenvalue weighted by molar-refractivity contribution is 5.92. The van der Waals surface area contributed by atoms with E-state index in [4.69, 9.17) is 21.3 Å². The molecule has 8 rings (SSSR count). The lowest BCUT2D eigenvalue weighted by molar-refractivity contribution is -0.140. The van der Waals surface area contributed by atoms with Crippen molar-refractivity contribution in [3.63, 3.8) is 0 Å². The maximum Gasteiger partial charge on any atom is 0.439 e. The Labute approximate surface area is 515 Å². The Morgan fingerprint density at radius 1 is 0.659 bits per heavy atom. The van der Waals surface area contributed by atoms with Crippen LogP contribution in [-0.2, 0) is 48.2 Å². The van der Waals surface area contributed by atoms with Gasteiger partial charge in [0, 0.05) is 91.6 Å². The van der Waals surface area contributed by atoms with Gasteiger partial charge in [0.2, 0.25) is 0 Å². The molecule has 88 heavy (non-hydrogen) atoms. The fourth-order valence-electron chi connectivity index (χ4n) is 8.37. The Bertz CT molecular complexity index is 3280. The van der Waals surface area contributed by atoms with E-state index in [1.165, 1.54) is 17.3 Å². The van der Waals surface area contributed by atoms with Crippen LogP contribution < -0.4 is 10.6 Å². The fraction of sp³-hybridized carbons (Fsp3) is 0.406. The van der Waals surface area contributed by atoms with Crippen molar-refractivity contribution in [1.82, 2.24) is 54.0 Å². The van der Waals surface area contributed by atoms with E-state index in [0.29, 0.717) is 88.6 Å². The van der Waals surface area contributed by atoms with Gasteiger partial charge in [-0.1, -0.05) is 95.8 Å². The van der Waals surface area contributed by atoms with E-state index in [0.717, 1.165) is 31.5 Å². The van der Waals surface area contributed by atoms with Gasteiger partial charge in [-0.25, -0.2) is 34.1 Å². The number of ether oxygens (including phenoxy) is 4. The highest BCUT2D eigenvalue weighted by atomic mass is 16.6. The number of esters is 3. The van der Waals surface area contributed by atoms with Crippen LogP contribution in [0.3, 0.4) is 0 Å². The van der Waals surface area contributed by atoms with Crippen molar-refractivity contribution in [3.8, 4) is 19.3 Å². The van der Waals surface area contributed by atoms with Crippen LogP contribution in [0.15, 0.2) is 140 Å². The predicted molar refractivity (Wildman–Crippen MR) is 332 cm³/mol. The Kier molecular flexibility index (Phi) is 30.2. The fourth-order valence-corrected chi connectivity index (χ4v) is 8.37. The quantitative estimate of drug-likeness (QED) is 0.0338. The van der Waals surface area contributed by atoms with Crippen molar-refractivity contribution >= 4 is 35.8 Å². The maximum absolute atomic E-state index is 12.4. The summed E-state index contributed by atoms with van der Waals surface area (Å²) in [4.78, 5) is 93.2. The maximum atomic E-state index is 12.4. The number of hydrogen-bond acceptors (Lipinski definition) is 16. The SMILES string of the molecule is C#[N+]/C(=C\N(C)C)C(=O)OCC.C#[N+]CC(=O)OCC.CC(C)(C)OC(=O)N1CC[C@H](CNC(=O)c2cn(Cc3ccccc3)cn2)C1.CCOC(=O)c1cn(Cc2ccccc2)cn1.N#CN1CC[C@H](CNC(=O)c2cn(Cc3ccccc3)cn2)C1. The lowest BCUT2D eigenvalue weighted by Crippen LogP contribution is -2.36. The summed E-state index contributed by atoms with van der Waals surface area (Å²) in [5.74, 6) is -1.05. The van der Waals surface area contributed by atoms with Gasteiger partial charge in [-0.05, 0) is 87.8 Å². The first-order chi connectivity index (χ1) is 42.3. The Balaban J connectivity index is 0.000000249. The zero-order chi connectivity index (χ0) is 64.3. The molecule has 6 aromatic rings. The van der Waals surface area contributed by atoms with Crippen LogP contribution >= 0.6 is 0 Å². The van der Waals surface area contributed by atoms with Crippen molar-refractivity contribution in [1.29, 1.82) is 5.26 Å². The first-order valence-electron chi connectivity index (χ1n) is 28.8. The summed E-state index contributed by atoms with van der Waals surface area (Å²) in [6.07, 6.45) is 15.3. The molecule has 0 unspecified atom stereocenters. The minimum atomic E-state index is -0.506. The minimum absolute atomic E-state index is 0.0478. The van der Waals surface area contributed by atoms with E-state index in [1.807, 2.05) is 125 Å². The summed E-state index contributed by atoms with van der Waals surface area (Å²) >= 11 is 0. The van der Waals surface area contributed by atoms with Crippen LogP contribution in [0.4, 0.5) is 4.79 Å². The summed E-state index contributed by atoms with van der Waals surface area (Å²) in [6, 6.07) is 30.1. The number of benzene rings is 3. The van der Waals surface area contributed by atoms with Crippen molar-refractivity contribution in [2.75, 3.05) is 79.7 Å². The minimum Gasteiger partial charge on any atom is -0.461 e. The molecule has 0 spiro atoms. The van der Waals surface area contributed by atoms with Gasteiger partial charge in [0.1, 0.15) is 17.0 Å². The Morgan fingerprint density at radius 3 is 1.51 bits per heavy atom. The number of likely N-dealkylation sites (tertiary alicyclic amines) is 2. The molecular weight excluding hydrogens is 1120 g/mol. The van der Waals surface area contributed by atoms with Crippen LogP contribution in [0, 0.1) is 36.4 Å².